The molecule has 6 nitrogen and oxygen atoms in total. The minimum absolute atomic E-state index is 0.258. The van der Waals surface area contributed by atoms with Crippen LogP contribution in [0.15, 0.2) is 48.5 Å². The summed E-state index contributed by atoms with van der Waals surface area (Å²) in [6, 6.07) is 15.8. The zero-order valence-corrected chi connectivity index (χ0v) is 17.6. The van der Waals surface area contributed by atoms with Gasteiger partial charge < -0.3 is 25.2 Å². The molecular formula is C23H32N4O2. The molecule has 6 heteroatoms. The van der Waals surface area contributed by atoms with Crippen molar-refractivity contribution in [2.75, 3.05) is 49.3 Å². The summed E-state index contributed by atoms with van der Waals surface area (Å²) >= 11 is 0. The first-order valence-corrected chi connectivity index (χ1v) is 10.4. The van der Waals surface area contributed by atoms with Crippen LogP contribution < -0.4 is 20.3 Å². The lowest BCUT2D eigenvalue weighted by atomic mass is 10.2. The molecule has 0 aliphatic carbocycles. The molecule has 1 fully saturated rings. The van der Waals surface area contributed by atoms with Crippen LogP contribution in [0.2, 0.25) is 0 Å². The number of carbonyl (C=O) groups excluding carboxylic acids is 1. The van der Waals surface area contributed by atoms with Gasteiger partial charge >= 0.3 is 6.03 Å². The van der Waals surface area contributed by atoms with Crippen molar-refractivity contribution in [1.82, 2.24) is 4.90 Å². The van der Waals surface area contributed by atoms with Gasteiger partial charge in [0, 0.05) is 36.2 Å². The Kier molecular flexibility index (Phi) is 7.36. The minimum atomic E-state index is -0.258. The Morgan fingerprint density at radius 1 is 1.07 bits per heavy atom. The summed E-state index contributed by atoms with van der Waals surface area (Å²) < 4.78 is 5.64. The summed E-state index contributed by atoms with van der Waals surface area (Å²) in [5, 5.41) is 5.73. The molecule has 2 aromatic carbocycles. The van der Waals surface area contributed by atoms with Crippen molar-refractivity contribution < 1.29 is 9.53 Å². The lowest BCUT2D eigenvalue weighted by Crippen LogP contribution is -2.31. The number of anilines is 3. The number of likely N-dealkylation sites (N-methyl/N-ethyl adjacent to an activating group) is 1. The molecule has 1 unspecified atom stereocenters. The van der Waals surface area contributed by atoms with Crippen LogP contribution in [-0.4, -0.2) is 50.8 Å². The largest absolute Gasteiger partial charge is 0.494 e. The zero-order valence-electron chi connectivity index (χ0n) is 17.6. The molecule has 2 amide bonds. The molecule has 1 heterocycles. The Balaban J connectivity index is 1.48. The van der Waals surface area contributed by atoms with Crippen LogP contribution in [0, 0.1) is 0 Å². The first-order valence-electron chi connectivity index (χ1n) is 10.4. The second kappa shape index (κ2) is 10.2. The summed E-state index contributed by atoms with van der Waals surface area (Å²) in [5.74, 6) is 0.818. The van der Waals surface area contributed by atoms with E-state index in [1.54, 1.807) is 0 Å². The Labute approximate surface area is 173 Å². The second-order valence-corrected chi connectivity index (χ2v) is 7.70. The first kappa shape index (κ1) is 21.0. The van der Waals surface area contributed by atoms with Gasteiger partial charge in [-0.3, -0.25) is 0 Å². The Morgan fingerprint density at radius 3 is 2.24 bits per heavy atom. The van der Waals surface area contributed by atoms with Gasteiger partial charge in [-0.15, -0.1) is 0 Å². The van der Waals surface area contributed by atoms with Gasteiger partial charge in [0.25, 0.3) is 0 Å². The van der Waals surface area contributed by atoms with Crippen LogP contribution in [0.3, 0.4) is 0 Å². The van der Waals surface area contributed by atoms with E-state index in [1.807, 2.05) is 36.4 Å². The monoisotopic (exact) mass is 396 g/mol. The normalized spacial score (nSPS) is 16.1. The summed E-state index contributed by atoms with van der Waals surface area (Å²) in [6.07, 6.45) is 3.32. The third kappa shape index (κ3) is 6.12. The highest BCUT2D eigenvalue weighted by molar-refractivity contribution is 5.99. The van der Waals surface area contributed by atoms with Crippen molar-refractivity contribution in [3.05, 3.63) is 48.5 Å². The van der Waals surface area contributed by atoms with Gasteiger partial charge in [-0.2, -0.15) is 0 Å². The smallest absolute Gasteiger partial charge is 0.323 e. The number of benzene rings is 2. The van der Waals surface area contributed by atoms with Crippen LogP contribution in [0.5, 0.6) is 5.75 Å². The predicted octanol–water partition coefficient (Wildman–Crippen LogP) is 4.65. The number of amides is 2. The lowest BCUT2D eigenvalue weighted by Gasteiger charge is -2.22. The molecule has 2 aromatic rings. The van der Waals surface area contributed by atoms with Gasteiger partial charge in [0.05, 0.1) is 6.61 Å². The van der Waals surface area contributed by atoms with Crippen LogP contribution >= 0.6 is 0 Å². The van der Waals surface area contributed by atoms with E-state index in [2.05, 4.69) is 53.6 Å². The van der Waals surface area contributed by atoms with E-state index >= 15 is 0 Å². The van der Waals surface area contributed by atoms with Crippen molar-refractivity contribution in [1.29, 1.82) is 0 Å². The zero-order chi connectivity index (χ0) is 20.6. The number of hydrogen-bond acceptors (Lipinski definition) is 4. The van der Waals surface area contributed by atoms with Crippen molar-refractivity contribution in [2.24, 2.45) is 0 Å². The van der Waals surface area contributed by atoms with Crippen molar-refractivity contribution in [3.8, 4) is 5.75 Å². The van der Waals surface area contributed by atoms with E-state index in [1.165, 1.54) is 12.1 Å². The molecule has 29 heavy (non-hydrogen) atoms. The predicted molar refractivity (Wildman–Crippen MR) is 120 cm³/mol. The molecule has 0 aromatic heterocycles. The second-order valence-electron chi connectivity index (χ2n) is 7.70. The molecule has 1 aliphatic heterocycles. The van der Waals surface area contributed by atoms with Crippen LogP contribution in [-0.2, 0) is 0 Å². The lowest BCUT2D eigenvalue weighted by molar-refractivity contribution is 0.262. The average Bonchev–Trinajstić information content (AvgIpc) is 3.21. The van der Waals surface area contributed by atoms with E-state index in [4.69, 9.17) is 4.74 Å². The highest BCUT2D eigenvalue weighted by Gasteiger charge is 2.23. The van der Waals surface area contributed by atoms with Crippen molar-refractivity contribution in [3.63, 3.8) is 0 Å². The third-order valence-electron chi connectivity index (χ3n) is 5.26. The molecule has 156 valence electrons. The van der Waals surface area contributed by atoms with Gasteiger partial charge in [0.15, 0.2) is 0 Å². The van der Waals surface area contributed by atoms with E-state index in [0.29, 0.717) is 12.6 Å². The topological polar surface area (TPSA) is 56.8 Å². The third-order valence-corrected chi connectivity index (χ3v) is 5.26. The molecule has 0 saturated carbocycles. The number of carbonyl (C=O) groups is 1. The maximum Gasteiger partial charge on any atom is 0.323 e. The average molecular weight is 397 g/mol. The summed E-state index contributed by atoms with van der Waals surface area (Å²) in [6.45, 7) is 4.95. The fourth-order valence-electron chi connectivity index (χ4n) is 3.42. The molecule has 0 bridgehead atoms. The number of unbranched alkanes of at least 4 members (excludes halogenated alkanes) is 1. The number of nitrogens with one attached hydrogen (secondary N) is 2. The molecule has 1 atom stereocenters. The number of ether oxygens (including phenoxy) is 1. The molecule has 1 saturated heterocycles. The van der Waals surface area contributed by atoms with E-state index in [9.17, 15) is 4.79 Å². The van der Waals surface area contributed by atoms with E-state index in [-0.39, 0.29) is 6.03 Å². The summed E-state index contributed by atoms with van der Waals surface area (Å²) in [5.41, 5.74) is 2.70. The quantitative estimate of drug-likeness (QED) is 0.638. The number of rotatable bonds is 8. The molecule has 0 spiro atoms. The molecular weight excluding hydrogens is 364 g/mol. The Bertz CT molecular complexity index is 774. The van der Waals surface area contributed by atoms with Crippen molar-refractivity contribution >= 4 is 23.1 Å². The van der Waals surface area contributed by atoms with E-state index in [0.717, 1.165) is 43.1 Å². The van der Waals surface area contributed by atoms with Crippen molar-refractivity contribution in [2.45, 2.75) is 32.2 Å². The van der Waals surface area contributed by atoms with Crippen LogP contribution in [0.4, 0.5) is 21.9 Å². The summed E-state index contributed by atoms with van der Waals surface area (Å²) in [7, 11) is 4.26. The van der Waals surface area contributed by atoms with Gasteiger partial charge in [-0.25, -0.2) is 4.79 Å². The van der Waals surface area contributed by atoms with Gasteiger partial charge in [-0.05, 0) is 75.5 Å². The minimum Gasteiger partial charge on any atom is -0.494 e. The maximum atomic E-state index is 12.3. The Morgan fingerprint density at radius 2 is 1.69 bits per heavy atom. The molecule has 0 radical (unpaired) electrons. The summed E-state index contributed by atoms with van der Waals surface area (Å²) in [4.78, 5) is 16.9. The fraction of sp³-hybridized carbons (Fsp3) is 0.435. The molecule has 1 aliphatic rings. The van der Waals surface area contributed by atoms with Gasteiger partial charge in [0.2, 0.25) is 0 Å². The van der Waals surface area contributed by atoms with E-state index < -0.39 is 0 Å². The number of hydrogen-bond donors (Lipinski definition) is 2. The highest BCUT2D eigenvalue weighted by Crippen LogP contribution is 2.24. The number of nitrogens with zero attached hydrogens (tertiary/aromatic N) is 2. The van der Waals surface area contributed by atoms with Crippen LogP contribution in [0.25, 0.3) is 0 Å². The fourth-order valence-corrected chi connectivity index (χ4v) is 3.42. The number of urea groups is 1. The Hall–Kier alpha value is -2.73. The standard InChI is InChI=1S/C23H32N4O2/c1-4-5-16-29-22-12-8-19(9-13-22)25-23(28)24-18-6-10-20(11-7-18)27-15-14-21(17-27)26(2)3/h6-13,21H,4-5,14-17H2,1-3H3,(H2,24,25,28). The SMILES string of the molecule is CCCCOc1ccc(NC(=O)Nc2ccc(N3CCC(N(C)C)C3)cc2)cc1. The maximum absolute atomic E-state index is 12.3. The molecule has 3 rings (SSSR count). The van der Waals surface area contributed by atoms with Crippen LogP contribution in [0.1, 0.15) is 26.2 Å². The van der Waals surface area contributed by atoms with Gasteiger partial charge in [0.1, 0.15) is 5.75 Å². The first-order chi connectivity index (χ1) is 14.0. The van der Waals surface area contributed by atoms with Gasteiger partial charge in [-0.1, -0.05) is 13.3 Å². The molecule has 2 N–H and O–H groups in total. The highest BCUT2D eigenvalue weighted by atomic mass is 16.5.